The second kappa shape index (κ2) is 9.90. The van der Waals surface area contributed by atoms with Crippen LogP contribution in [0.5, 0.6) is 11.5 Å². The molecule has 0 radical (unpaired) electrons. The van der Waals surface area contributed by atoms with Crippen molar-refractivity contribution in [2.24, 2.45) is 0 Å². The second-order valence-corrected chi connectivity index (χ2v) is 9.45. The third kappa shape index (κ3) is 5.32. The molecule has 7 nitrogen and oxygen atoms in total. The summed E-state index contributed by atoms with van der Waals surface area (Å²) in [6.07, 6.45) is 2.10. The summed E-state index contributed by atoms with van der Waals surface area (Å²) in [5.41, 5.74) is 7.37. The standard InChI is InChI=1S/C21H27F2N3O4S/c1-26(31(27,28)21-13-20(30-3)19(29-2)12-17(21)23)10-4-5-16-11-18(25-24-16)14-6-8-15(22)9-7-14/h6-9,12-13,16,18,24-25H,4-5,10-11H2,1-3H3. The van der Waals surface area contributed by atoms with Crippen LogP contribution in [0.25, 0.3) is 0 Å². The van der Waals surface area contributed by atoms with Crippen molar-refractivity contribution < 1.29 is 26.7 Å². The van der Waals surface area contributed by atoms with Crippen molar-refractivity contribution in [3.8, 4) is 11.5 Å². The first-order valence-electron chi connectivity index (χ1n) is 9.90. The molecule has 1 saturated heterocycles. The molecular formula is C21H27F2N3O4S. The Labute approximate surface area is 181 Å². The molecule has 31 heavy (non-hydrogen) atoms. The number of ether oxygens (including phenoxy) is 2. The van der Waals surface area contributed by atoms with E-state index in [1.54, 1.807) is 12.1 Å². The Kier molecular flexibility index (Phi) is 7.47. The van der Waals surface area contributed by atoms with E-state index >= 15 is 0 Å². The number of methoxy groups -OCH3 is 2. The lowest BCUT2D eigenvalue weighted by molar-refractivity contribution is 0.349. The summed E-state index contributed by atoms with van der Waals surface area (Å²) < 4.78 is 64.4. The van der Waals surface area contributed by atoms with Gasteiger partial charge in [-0.3, -0.25) is 10.9 Å². The normalized spacial score (nSPS) is 19.0. The van der Waals surface area contributed by atoms with Gasteiger partial charge in [-0.25, -0.2) is 21.5 Å². The summed E-state index contributed by atoms with van der Waals surface area (Å²) in [6, 6.07) is 8.69. The van der Waals surface area contributed by atoms with Crippen LogP contribution in [0.4, 0.5) is 8.78 Å². The zero-order valence-electron chi connectivity index (χ0n) is 17.7. The van der Waals surface area contributed by atoms with E-state index in [-0.39, 0.29) is 35.9 Å². The van der Waals surface area contributed by atoms with Crippen molar-refractivity contribution in [3.63, 3.8) is 0 Å². The van der Waals surface area contributed by atoms with Gasteiger partial charge in [-0.05, 0) is 37.0 Å². The van der Waals surface area contributed by atoms with Gasteiger partial charge in [0.05, 0.1) is 14.2 Å². The molecule has 1 fully saturated rings. The maximum absolute atomic E-state index is 14.4. The summed E-state index contributed by atoms with van der Waals surface area (Å²) in [7, 11) is 0.104. The predicted octanol–water partition coefficient (Wildman–Crippen LogP) is 2.99. The van der Waals surface area contributed by atoms with Gasteiger partial charge < -0.3 is 9.47 Å². The third-order valence-electron chi connectivity index (χ3n) is 5.41. The Bertz CT molecular complexity index is 1000. The van der Waals surface area contributed by atoms with Crippen LogP contribution >= 0.6 is 0 Å². The Morgan fingerprint density at radius 3 is 2.35 bits per heavy atom. The Morgan fingerprint density at radius 2 is 1.71 bits per heavy atom. The molecular weight excluding hydrogens is 428 g/mol. The summed E-state index contributed by atoms with van der Waals surface area (Å²) in [4.78, 5) is -0.454. The van der Waals surface area contributed by atoms with Gasteiger partial charge >= 0.3 is 0 Å². The van der Waals surface area contributed by atoms with Crippen LogP contribution in [0.1, 0.15) is 30.9 Å². The minimum atomic E-state index is -4.03. The summed E-state index contributed by atoms with van der Waals surface area (Å²) in [6.45, 7) is 0.232. The second-order valence-electron chi connectivity index (χ2n) is 7.43. The van der Waals surface area contributed by atoms with E-state index in [0.717, 1.165) is 34.8 Å². The van der Waals surface area contributed by atoms with E-state index in [1.165, 1.54) is 33.4 Å². The minimum Gasteiger partial charge on any atom is -0.493 e. The van der Waals surface area contributed by atoms with Gasteiger partial charge in [0, 0.05) is 37.8 Å². The molecule has 1 heterocycles. The fourth-order valence-electron chi connectivity index (χ4n) is 3.61. The Morgan fingerprint density at radius 1 is 1.06 bits per heavy atom. The molecule has 1 aliphatic heterocycles. The lowest BCUT2D eigenvalue weighted by atomic mass is 10.00. The van der Waals surface area contributed by atoms with Crippen LogP contribution in [0, 0.1) is 11.6 Å². The molecule has 2 unspecified atom stereocenters. The van der Waals surface area contributed by atoms with Crippen LogP contribution in [-0.4, -0.2) is 46.6 Å². The van der Waals surface area contributed by atoms with Crippen LogP contribution in [-0.2, 0) is 10.0 Å². The van der Waals surface area contributed by atoms with Crippen molar-refractivity contribution in [1.29, 1.82) is 0 Å². The first kappa shape index (κ1) is 23.4. The smallest absolute Gasteiger partial charge is 0.245 e. The maximum Gasteiger partial charge on any atom is 0.245 e. The number of hydrogen-bond acceptors (Lipinski definition) is 6. The number of nitrogens with zero attached hydrogens (tertiary/aromatic N) is 1. The first-order chi connectivity index (χ1) is 14.8. The number of benzene rings is 2. The average molecular weight is 456 g/mol. The van der Waals surface area contributed by atoms with Crippen molar-refractivity contribution >= 4 is 10.0 Å². The molecule has 0 aromatic heterocycles. The van der Waals surface area contributed by atoms with Gasteiger partial charge in [0.1, 0.15) is 16.5 Å². The summed E-state index contributed by atoms with van der Waals surface area (Å²) in [5, 5.41) is 0. The zero-order valence-corrected chi connectivity index (χ0v) is 18.5. The van der Waals surface area contributed by atoms with Gasteiger partial charge in [-0.15, -0.1) is 0 Å². The molecule has 2 aromatic rings. The van der Waals surface area contributed by atoms with E-state index in [9.17, 15) is 17.2 Å². The van der Waals surface area contributed by atoms with Gasteiger partial charge in [0.15, 0.2) is 11.5 Å². The number of nitrogens with one attached hydrogen (secondary N) is 2. The van der Waals surface area contributed by atoms with E-state index in [0.29, 0.717) is 6.42 Å². The van der Waals surface area contributed by atoms with E-state index < -0.39 is 20.7 Å². The van der Waals surface area contributed by atoms with Gasteiger partial charge in [0.25, 0.3) is 0 Å². The minimum absolute atomic E-state index is 0.0629. The highest BCUT2D eigenvalue weighted by molar-refractivity contribution is 7.89. The van der Waals surface area contributed by atoms with Crippen molar-refractivity contribution in [3.05, 3.63) is 53.6 Å². The van der Waals surface area contributed by atoms with Crippen LogP contribution in [0.2, 0.25) is 0 Å². The fraction of sp³-hybridized carbons (Fsp3) is 0.429. The average Bonchev–Trinajstić information content (AvgIpc) is 3.22. The quantitative estimate of drug-likeness (QED) is 0.605. The monoisotopic (exact) mass is 455 g/mol. The zero-order chi connectivity index (χ0) is 22.6. The maximum atomic E-state index is 14.4. The fourth-order valence-corrected chi connectivity index (χ4v) is 4.87. The van der Waals surface area contributed by atoms with E-state index in [1.807, 2.05) is 0 Å². The van der Waals surface area contributed by atoms with Crippen LogP contribution < -0.4 is 20.3 Å². The van der Waals surface area contributed by atoms with Crippen LogP contribution in [0.3, 0.4) is 0 Å². The lowest BCUT2D eigenvalue weighted by Crippen LogP contribution is -2.32. The predicted molar refractivity (Wildman–Crippen MR) is 112 cm³/mol. The number of hydrogen-bond donors (Lipinski definition) is 2. The molecule has 2 aromatic carbocycles. The Hall–Kier alpha value is -2.27. The van der Waals surface area contributed by atoms with Gasteiger partial charge in [-0.1, -0.05) is 12.1 Å². The van der Waals surface area contributed by atoms with Crippen molar-refractivity contribution in [2.75, 3.05) is 27.8 Å². The van der Waals surface area contributed by atoms with Gasteiger partial charge in [-0.2, -0.15) is 0 Å². The highest BCUT2D eigenvalue weighted by Crippen LogP contribution is 2.33. The molecule has 0 spiro atoms. The Balaban J connectivity index is 1.57. The van der Waals surface area contributed by atoms with Crippen molar-refractivity contribution in [1.82, 2.24) is 15.2 Å². The molecule has 1 aliphatic rings. The molecule has 2 atom stereocenters. The first-order valence-corrected chi connectivity index (χ1v) is 11.3. The molecule has 0 aliphatic carbocycles. The molecule has 2 N–H and O–H groups in total. The highest BCUT2D eigenvalue weighted by Gasteiger charge is 2.28. The SMILES string of the molecule is COc1cc(F)c(S(=O)(=O)N(C)CCCC2CC(c3ccc(F)cc3)NN2)cc1OC. The molecule has 170 valence electrons. The lowest BCUT2D eigenvalue weighted by Gasteiger charge is -2.19. The number of hydrazine groups is 1. The topological polar surface area (TPSA) is 79.9 Å². The van der Waals surface area contributed by atoms with Crippen LogP contribution in [0.15, 0.2) is 41.3 Å². The molecule has 3 rings (SSSR count). The molecule has 0 bridgehead atoms. The molecule has 10 heteroatoms. The van der Waals surface area contributed by atoms with Gasteiger partial charge in [0.2, 0.25) is 10.0 Å². The van der Waals surface area contributed by atoms with E-state index in [4.69, 9.17) is 9.47 Å². The third-order valence-corrected chi connectivity index (χ3v) is 7.28. The number of rotatable bonds is 9. The molecule has 0 saturated carbocycles. The summed E-state index contributed by atoms with van der Waals surface area (Å²) >= 11 is 0. The van der Waals surface area contributed by atoms with E-state index in [2.05, 4.69) is 10.9 Å². The molecule has 0 amide bonds. The number of halogens is 2. The number of sulfonamides is 1. The summed E-state index contributed by atoms with van der Waals surface area (Å²) in [5.74, 6) is -0.907. The van der Waals surface area contributed by atoms with Crippen molar-refractivity contribution in [2.45, 2.75) is 36.2 Å². The highest BCUT2D eigenvalue weighted by atomic mass is 32.2. The largest absolute Gasteiger partial charge is 0.493 e.